The van der Waals surface area contributed by atoms with Crippen LogP contribution < -0.4 is 0 Å². The van der Waals surface area contributed by atoms with Crippen LogP contribution in [0.2, 0.25) is 0 Å². The minimum Gasteiger partial charge on any atom is -1.00 e. The minimum absolute atomic E-state index is 0. The van der Waals surface area contributed by atoms with E-state index in [1.807, 2.05) is 0 Å². The third-order valence-corrected chi connectivity index (χ3v) is 0. The van der Waals surface area contributed by atoms with Crippen molar-refractivity contribution in [2.75, 3.05) is 0 Å². The first kappa shape index (κ1) is 29.9. The van der Waals surface area contributed by atoms with Gasteiger partial charge in [-0.3, -0.25) is 0 Å². The van der Waals surface area contributed by atoms with E-state index in [9.17, 15) is 0 Å². The molecule has 0 unspecified atom stereocenters. The molecule has 0 spiro atoms. The summed E-state index contributed by atoms with van der Waals surface area (Å²) in [6.07, 6.45) is 0. The van der Waals surface area contributed by atoms with E-state index < -0.39 is 0 Å². The van der Waals surface area contributed by atoms with Crippen LogP contribution in [0.3, 0.4) is 0 Å². The fourth-order valence-corrected chi connectivity index (χ4v) is 0. The van der Waals surface area contributed by atoms with Gasteiger partial charge in [-0.15, -0.1) is 0 Å². The molecule has 0 fully saturated rings. The van der Waals surface area contributed by atoms with Crippen LogP contribution in [-0.4, -0.2) is 23.1 Å². The van der Waals surface area contributed by atoms with Crippen molar-refractivity contribution in [2.45, 2.75) is 0 Å². The molecule has 4 heavy (non-hydrogen) atoms. The smallest absolute Gasteiger partial charge is 1.00 e. The minimum atomic E-state index is 0. The number of rotatable bonds is 0. The summed E-state index contributed by atoms with van der Waals surface area (Å²) in [5, 5.41) is 0. The molecule has 0 amide bonds. The Labute approximate surface area is 85.3 Å². The van der Waals surface area contributed by atoms with Crippen molar-refractivity contribution in [3.63, 3.8) is 0 Å². The Morgan fingerprint density at radius 3 is 1.25 bits per heavy atom. The first-order valence-corrected chi connectivity index (χ1v) is 0. The van der Waals surface area contributed by atoms with Crippen molar-refractivity contribution in [2.24, 2.45) is 0 Å². The molecule has 1 radical (unpaired) electrons. The van der Waals surface area contributed by atoms with Crippen LogP contribution >= 0.6 is 0 Å². The van der Waals surface area contributed by atoms with E-state index in [-0.39, 0.29) is 86.5 Å². The molecule has 0 N–H and O–H groups in total. The van der Waals surface area contributed by atoms with E-state index in [0.717, 1.165) is 0 Å². The summed E-state index contributed by atoms with van der Waals surface area (Å²) in [6, 6.07) is 0. The maximum absolute atomic E-state index is 0. The summed E-state index contributed by atoms with van der Waals surface area (Å²) in [5.74, 6) is 0. The van der Waals surface area contributed by atoms with Gasteiger partial charge >= 0.3 is 23.1 Å². The zero-order chi connectivity index (χ0) is 0. The van der Waals surface area contributed by atoms with Crippen molar-refractivity contribution in [1.82, 2.24) is 0 Å². The number of hydrogen-bond acceptors (Lipinski definition) is 0. The largest absolute Gasteiger partial charge is 2.00 e. The van der Waals surface area contributed by atoms with Gasteiger partial charge in [0.15, 0.2) is 0 Å². The van der Waals surface area contributed by atoms with Gasteiger partial charge in [-0.05, 0) is 0 Å². The van der Waals surface area contributed by atoms with Crippen molar-refractivity contribution in [3.05, 3.63) is 0 Å². The van der Waals surface area contributed by atoms with E-state index in [1.165, 1.54) is 0 Å². The topological polar surface area (TPSA) is 0 Å². The fourth-order valence-electron chi connectivity index (χ4n) is 0. The first-order chi connectivity index (χ1) is 0. The van der Waals surface area contributed by atoms with Gasteiger partial charge in [-0.2, -0.15) is 0 Å². The summed E-state index contributed by atoms with van der Waals surface area (Å²) in [6.45, 7) is 0. The molecule has 4 heteroatoms. The van der Waals surface area contributed by atoms with Crippen molar-refractivity contribution >= 4 is 23.1 Å². The van der Waals surface area contributed by atoms with Crippen molar-refractivity contribution in [3.8, 4) is 0 Å². The van der Waals surface area contributed by atoms with Crippen LogP contribution in [0.15, 0.2) is 0 Å². The average Bonchev–Trinajstić information content (AvgIpc) is 0. The molecule has 0 rings (SSSR count). The van der Waals surface area contributed by atoms with Gasteiger partial charge in [-0.25, -0.2) is 0 Å². The van der Waals surface area contributed by atoms with E-state index in [1.54, 1.807) is 0 Å². The average molecular weight is 233 g/mol. The molecule has 0 heterocycles. The molecular formula is H2CrCuMgZr. The van der Waals surface area contributed by atoms with Gasteiger partial charge < -0.3 is 2.85 Å². The van der Waals surface area contributed by atoms with Gasteiger partial charge in [0, 0.05) is 60.6 Å². The molecule has 0 aliphatic heterocycles. The summed E-state index contributed by atoms with van der Waals surface area (Å²) in [4.78, 5) is 0. The Kier molecular flexibility index (Phi) is 129. The Morgan fingerprint density at radius 1 is 1.25 bits per heavy atom. The van der Waals surface area contributed by atoms with Gasteiger partial charge in [0.05, 0.1) is 0 Å². The number of hydrogen-bond donors (Lipinski definition) is 0. The maximum atomic E-state index is 0. The van der Waals surface area contributed by atoms with Gasteiger partial charge in [-0.1, -0.05) is 0 Å². The summed E-state index contributed by atoms with van der Waals surface area (Å²) < 4.78 is 0. The predicted octanol–water partition coefficient (Wildman–Crippen LogP) is -0.163. The summed E-state index contributed by atoms with van der Waals surface area (Å²) >= 11 is 0. The van der Waals surface area contributed by atoms with Crippen LogP contribution in [-0.2, 0) is 60.6 Å². The van der Waals surface area contributed by atoms with Crippen molar-refractivity contribution in [1.29, 1.82) is 0 Å². The molecule has 0 nitrogen and oxygen atoms in total. The summed E-state index contributed by atoms with van der Waals surface area (Å²) in [5.41, 5.74) is 0. The molecule has 0 aliphatic rings. The van der Waals surface area contributed by atoms with Crippen molar-refractivity contribution < 1.29 is 63.5 Å². The molecule has 0 aromatic rings. The van der Waals surface area contributed by atoms with Crippen LogP contribution in [0.4, 0.5) is 0 Å². The third-order valence-electron chi connectivity index (χ3n) is 0. The molecule has 0 bridgehead atoms. The predicted molar refractivity (Wildman–Crippen MR) is 7.98 cm³/mol. The normalized spacial score (nSPS) is 0. The summed E-state index contributed by atoms with van der Waals surface area (Å²) in [7, 11) is 0. The second-order valence-electron chi connectivity index (χ2n) is 0. The van der Waals surface area contributed by atoms with Gasteiger partial charge in [0.1, 0.15) is 0 Å². The molecule has 0 atom stereocenters. The van der Waals surface area contributed by atoms with Gasteiger partial charge in [0.2, 0.25) is 0 Å². The Bertz CT molecular complexity index is 13.5. The molecular weight excluding hydrogens is 231 g/mol. The Balaban J connectivity index is 0. The Hall–Kier alpha value is 2.70. The monoisotopic (exact) mass is 231 g/mol. The van der Waals surface area contributed by atoms with Crippen LogP contribution in [0.25, 0.3) is 0 Å². The standard InChI is InChI=1S/Cr.Cu.Mg.Zr.2H/q;;+2;;2*-1. The fraction of sp³-hybridized carbons (Fsp3) is 0. The quantitative estimate of drug-likeness (QED) is 0.510. The van der Waals surface area contributed by atoms with E-state index in [0.29, 0.717) is 0 Å². The molecule has 25 valence electrons. The van der Waals surface area contributed by atoms with E-state index in [2.05, 4.69) is 0 Å². The van der Waals surface area contributed by atoms with Crippen LogP contribution in [0.5, 0.6) is 0 Å². The molecule has 0 saturated carbocycles. The molecule has 0 aromatic carbocycles. The SMILES string of the molecule is [Cr].[Cu].[H-].[H-].[Mg+2].[Zr]. The second-order valence-corrected chi connectivity index (χ2v) is 0. The molecule has 0 saturated heterocycles. The van der Waals surface area contributed by atoms with E-state index in [4.69, 9.17) is 0 Å². The van der Waals surface area contributed by atoms with Gasteiger partial charge in [0.25, 0.3) is 0 Å². The Morgan fingerprint density at radius 2 is 1.25 bits per heavy atom. The third kappa shape index (κ3) is 8.83. The van der Waals surface area contributed by atoms with E-state index >= 15 is 0 Å². The zero-order valence-corrected chi connectivity index (χ0v) is 8.01. The zero-order valence-electron chi connectivity index (χ0n) is 3.92. The maximum Gasteiger partial charge on any atom is 2.00 e. The molecule has 0 aromatic heterocycles. The second kappa shape index (κ2) is 17.3. The van der Waals surface area contributed by atoms with Crippen LogP contribution in [0.1, 0.15) is 2.85 Å². The molecule has 0 aliphatic carbocycles. The van der Waals surface area contributed by atoms with Crippen LogP contribution in [0, 0.1) is 0 Å². The first-order valence-electron chi connectivity index (χ1n) is 0.